The number of amides is 1. The average Bonchev–Trinajstić information content (AvgIpc) is 2.39. The van der Waals surface area contributed by atoms with E-state index in [2.05, 4.69) is 4.90 Å². The Morgan fingerprint density at radius 1 is 1.16 bits per heavy atom. The Bertz CT molecular complexity index is 400. The zero-order valence-electron chi connectivity index (χ0n) is 11.6. The molecular weight excluding hydrogens is 240 g/mol. The van der Waals surface area contributed by atoms with E-state index in [-0.39, 0.29) is 4.65 Å². The van der Waals surface area contributed by atoms with Crippen LogP contribution in [0.1, 0.15) is 44.9 Å². The summed E-state index contributed by atoms with van der Waals surface area (Å²) in [6.07, 6.45) is 7.52. The minimum Gasteiger partial charge on any atom is -0.633 e. The Kier molecular flexibility index (Phi) is 2.68. The fourth-order valence-electron chi connectivity index (χ4n) is 5.40. The molecule has 0 unspecified atom stereocenters. The molecule has 4 fully saturated rings. The van der Waals surface area contributed by atoms with Crippen molar-refractivity contribution in [3.8, 4) is 0 Å². The minimum absolute atomic E-state index is 0.0772. The van der Waals surface area contributed by atoms with Crippen molar-refractivity contribution in [3.05, 3.63) is 5.21 Å². The fourth-order valence-corrected chi connectivity index (χ4v) is 5.40. The van der Waals surface area contributed by atoms with Gasteiger partial charge in [0.15, 0.2) is 0 Å². The SMILES string of the molecule is O=C1CCC[C@@H]2[C@H]3C[C@@H](CN12)[C@@H]1CCCC[N@+]1([O-])C3. The van der Waals surface area contributed by atoms with Crippen LogP contribution in [0.3, 0.4) is 0 Å². The molecule has 4 aliphatic rings. The van der Waals surface area contributed by atoms with E-state index < -0.39 is 0 Å². The first-order valence-electron chi connectivity index (χ1n) is 8.05. The maximum Gasteiger partial charge on any atom is 0.222 e. The summed E-state index contributed by atoms with van der Waals surface area (Å²) in [4.78, 5) is 14.3. The van der Waals surface area contributed by atoms with Gasteiger partial charge in [0.05, 0.1) is 19.1 Å². The molecule has 0 N–H and O–H groups in total. The number of fused-ring (bicyclic) bond motifs is 6. The van der Waals surface area contributed by atoms with Gasteiger partial charge >= 0.3 is 0 Å². The molecule has 0 spiro atoms. The summed E-state index contributed by atoms with van der Waals surface area (Å²) in [5.74, 6) is 1.32. The van der Waals surface area contributed by atoms with Crippen LogP contribution >= 0.6 is 0 Å². The number of nitrogens with zero attached hydrogens (tertiary/aromatic N) is 2. The molecule has 5 atom stereocenters. The normalized spacial score (nSPS) is 49.5. The standard InChI is InChI=1S/C15H24N2O2/c18-15-6-3-4-13-12-8-11(9-16(13)15)14-5-1-2-7-17(14,19)10-12/h11-14H,1-10H2/t11-,12-,13+,14-,17-/m0/s1. The van der Waals surface area contributed by atoms with E-state index in [0.717, 1.165) is 51.7 Å². The van der Waals surface area contributed by atoms with Gasteiger partial charge < -0.3 is 14.8 Å². The van der Waals surface area contributed by atoms with E-state index in [0.29, 0.717) is 29.8 Å². The average molecular weight is 264 g/mol. The summed E-state index contributed by atoms with van der Waals surface area (Å²) in [5.41, 5.74) is 0. The second kappa shape index (κ2) is 4.19. The topological polar surface area (TPSA) is 43.4 Å². The molecule has 4 heterocycles. The summed E-state index contributed by atoms with van der Waals surface area (Å²) < 4.78 is 0.0772. The summed E-state index contributed by atoms with van der Waals surface area (Å²) in [5, 5.41) is 13.1. The van der Waals surface area contributed by atoms with Crippen molar-refractivity contribution < 1.29 is 9.44 Å². The highest BCUT2D eigenvalue weighted by atomic mass is 16.5. The molecule has 4 aliphatic heterocycles. The molecule has 4 rings (SSSR count). The van der Waals surface area contributed by atoms with Gasteiger partial charge in [-0.05, 0) is 32.1 Å². The molecule has 106 valence electrons. The number of hydrogen-bond acceptors (Lipinski definition) is 2. The highest BCUT2D eigenvalue weighted by molar-refractivity contribution is 5.77. The van der Waals surface area contributed by atoms with Gasteiger partial charge in [-0.1, -0.05) is 0 Å². The zero-order valence-corrected chi connectivity index (χ0v) is 11.6. The maximum absolute atomic E-state index is 13.1. The summed E-state index contributed by atoms with van der Waals surface area (Å²) >= 11 is 0. The quantitative estimate of drug-likeness (QED) is 0.495. The maximum atomic E-state index is 13.1. The molecule has 0 aromatic carbocycles. The molecule has 2 bridgehead atoms. The van der Waals surface area contributed by atoms with Crippen LogP contribution < -0.4 is 0 Å². The number of piperidine rings is 4. The lowest BCUT2D eigenvalue weighted by molar-refractivity contribution is -0.925. The zero-order chi connectivity index (χ0) is 13.0. The van der Waals surface area contributed by atoms with Crippen molar-refractivity contribution in [1.82, 2.24) is 4.90 Å². The number of rotatable bonds is 0. The van der Waals surface area contributed by atoms with Gasteiger partial charge in [-0.15, -0.1) is 0 Å². The molecule has 4 saturated heterocycles. The number of carbonyl (C=O) groups is 1. The Labute approximate surface area is 114 Å². The van der Waals surface area contributed by atoms with E-state index in [4.69, 9.17) is 0 Å². The van der Waals surface area contributed by atoms with Crippen LogP contribution in [0.2, 0.25) is 0 Å². The summed E-state index contributed by atoms with van der Waals surface area (Å²) in [6.45, 7) is 2.50. The molecule has 0 radical (unpaired) electrons. The highest BCUT2D eigenvalue weighted by Crippen LogP contribution is 2.46. The molecule has 1 amide bonds. The summed E-state index contributed by atoms with van der Waals surface area (Å²) in [7, 11) is 0. The van der Waals surface area contributed by atoms with Crippen LogP contribution in [-0.4, -0.2) is 47.2 Å². The van der Waals surface area contributed by atoms with E-state index >= 15 is 0 Å². The van der Waals surface area contributed by atoms with Crippen molar-refractivity contribution in [2.24, 2.45) is 11.8 Å². The Morgan fingerprint density at radius 2 is 2.05 bits per heavy atom. The second-order valence-corrected chi connectivity index (χ2v) is 7.18. The van der Waals surface area contributed by atoms with Gasteiger partial charge in [-0.2, -0.15) is 0 Å². The lowest BCUT2D eigenvalue weighted by atomic mass is 9.70. The van der Waals surface area contributed by atoms with Gasteiger partial charge in [0.2, 0.25) is 5.91 Å². The van der Waals surface area contributed by atoms with Crippen LogP contribution in [-0.2, 0) is 4.79 Å². The lowest BCUT2D eigenvalue weighted by Gasteiger charge is -2.63. The van der Waals surface area contributed by atoms with Crippen molar-refractivity contribution in [1.29, 1.82) is 0 Å². The van der Waals surface area contributed by atoms with Crippen LogP contribution in [0.5, 0.6) is 0 Å². The Morgan fingerprint density at radius 3 is 2.95 bits per heavy atom. The van der Waals surface area contributed by atoms with Gasteiger partial charge in [0.1, 0.15) is 0 Å². The molecule has 4 heteroatoms. The predicted octanol–water partition coefficient (Wildman–Crippen LogP) is 1.88. The highest BCUT2D eigenvalue weighted by Gasteiger charge is 2.52. The number of hydrogen-bond donors (Lipinski definition) is 0. The van der Waals surface area contributed by atoms with Crippen LogP contribution in [0.4, 0.5) is 0 Å². The van der Waals surface area contributed by atoms with Crippen LogP contribution in [0, 0.1) is 17.0 Å². The number of quaternary nitrogens is 1. The third kappa shape index (κ3) is 1.76. The molecule has 0 aromatic heterocycles. The van der Waals surface area contributed by atoms with Gasteiger partial charge in [-0.3, -0.25) is 4.79 Å². The first-order chi connectivity index (χ1) is 9.17. The third-order valence-corrected chi connectivity index (χ3v) is 6.17. The lowest BCUT2D eigenvalue weighted by Crippen LogP contribution is -2.69. The van der Waals surface area contributed by atoms with Gasteiger partial charge in [0, 0.05) is 37.3 Å². The largest absolute Gasteiger partial charge is 0.633 e. The van der Waals surface area contributed by atoms with Gasteiger partial charge in [0.25, 0.3) is 0 Å². The Balaban J connectivity index is 1.64. The fraction of sp³-hybridized carbons (Fsp3) is 0.933. The first-order valence-corrected chi connectivity index (χ1v) is 8.05. The van der Waals surface area contributed by atoms with E-state index in [1.807, 2.05) is 0 Å². The molecule has 0 aliphatic carbocycles. The number of carbonyl (C=O) groups excluding carboxylic acids is 1. The predicted molar refractivity (Wildman–Crippen MR) is 71.9 cm³/mol. The minimum atomic E-state index is 0.0772. The second-order valence-electron chi connectivity index (χ2n) is 7.18. The van der Waals surface area contributed by atoms with E-state index in [1.54, 1.807) is 0 Å². The van der Waals surface area contributed by atoms with Crippen molar-refractivity contribution in [3.63, 3.8) is 0 Å². The molecule has 0 saturated carbocycles. The van der Waals surface area contributed by atoms with Crippen LogP contribution in [0.15, 0.2) is 0 Å². The van der Waals surface area contributed by atoms with Crippen molar-refractivity contribution in [2.45, 2.75) is 57.0 Å². The monoisotopic (exact) mass is 264 g/mol. The first kappa shape index (κ1) is 12.2. The van der Waals surface area contributed by atoms with E-state index in [9.17, 15) is 10.0 Å². The number of hydroxylamine groups is 3. The van der Waals surface area contributed by atoms with Gasteiger partial charge in [-0.25, -0.2) is 0 Å². The van der Waals surface area contributed by atoms with E-state index in [1.165, 1.54) is 12.8 Å². The molecule has 19 heavy (non-hydrogen) atoms. The molecular formula is C15H24N2O2. The molecule has 0 aromatic rings. The summed E-state index contributed by atoms with van der Waals surface area (Å²) in [6, 6.07) is 0.685. The third-order valence-electron chi connectivity index (χ3n) is 6.17. The van der Waals surface area contributed by atoms with Crippen molar-refractivity contribution >= 4 is 5.91 Å². The smallest absolute Gasteiger partial charge is 0.222 e. The Hall–Kier alpha value is -0.610. The van der Waals surface area contributed by atoms with Crippen molar-refractivity contribution in [2.75, 3.05) is 19.6 Å². The molecule has 4 nitrogen and oxygen atoms in total. The van der Waals surface area contributed by atoms with Crippen LogP contribution in [0.25, 0.3) is 0 Å².